The Bertz CT molecular complexity index is 1240. The van der Waals surface area contributed by atoms with Crippen molar-refractivity contribution in [1.82, 2.24) is 19.8 Å². The number of nitrogens with zero attached hydrogens (tertiary/aromatic N) is 4. The van der Waals surface area contributed by atoms with Gasteiger partial charge >= 0.3 is 0 Å². The van der Waals surface area contributed by atoms with Gasteiger partial charge in [0.25, 0.3) is 0 Å². The third-order valence-electron chi connectivity index (χ3n) is 6.05. The fraction of sp³-hybridized carbons (Fsp3) is 0.370. The van der Waals surface area contributed by atoms with Crippen molar-refractivity contribution in [2.24, 2.45) is 0 Å². The maximum Gasteiger partial charge on any atom is 0.248 e. The molecule has 4 rings (SSSR count). The number of likely N-dealkylation sites (tertiary alicyclic amines) is 1. The molecule has 1 fully saturated rings. The van der Waals surface area contributed by atoms with Gasteiger partial charge in [-0.05, 0) is 64.7 Å². The quantitative estimate of drug-likeness (QED) is 0.283. The summed E-state index contributed by atoms with van der Waals surface area (Å²) in [4.78, 5) is 26.3. The Morgan fingerprint density at radius 2 is 2.00 bits per heavy atom. The number of halogens is 1. The smallest absolute Gasteiger partial charge is 0.248 e. The maximum absolute atomic E-state index is 13.0. The maximum atomic E-state index is 13.0. The molecule has 1 aliphatic rings. The van der Waals surface area contributed by atoms with Crippen LogP contribution in [0.1, 0.15) is 19.3 Å². The average Bonchev–Trinajstić information content (AvgIpc) is 2.84. The number of aromatic nitrogens is 2. The minimum absolute atomic E-state index is 0.148. The van der Waals surface area contributed by atoms with Crippen LogP contribution in [-0.2, 0) is 4.79 Å². The molecule has 0 atom stereocenters. The summed E-state index contributed by atoms with van der Waals surface area (Å²) in [5, 5.41) is 7.21. The monoisotopic (exact) mass is 552 g/mol. The molecule has 0 aliphatic carbocycles. The number of carbonyl (C=O) groups is 1. The Labute approximate surface area is 220 Å². The second-order valence-electron chi connectivity index (χ2n) is 9.32. The first-order chi connectivity index (χ1) is 17.4. The fourth-order valence-corrected chi connectivity index (χ4v) is 4.47. The van der Waals surface area contributed by atoms with Gasteiger partial charge < -0.3 is 25.2 Å². The number of ether oxygens (including phenoxy) is 1. The van der Waals surface area contributed by atoms with Crippen molar-refractivity contribution >= 4 is 49.9 Å². The van der Waals surface area contributed by atoms with Crippen LogP contribution in [-0.4, -0.2) is 73.1 Å². The number of hydrogen-bond donors (Lipinski definition) is 2. The highest BCUT2D eigenvalue weighted by atomic mass is 79.9. The second kappa shape index (κ2) is 12.3. The Hall–Kier alpha value is -3.01. The summed E-state index contributed by atoms with van der Waals surface area (Å²) in [5.41, 5.74) is 3.40. The predicted molar refractivity (Wildman–Crippen MR) is 149 cm³/mol. The SMILES string of the molecule is CN(C)CCCOc1cc2ncnc(Nc3cccc(Br)c3)c2cc1NC(=O)C=C1CCN(C)CC1. The van der Waals surface area contributed by atoms with E-state index in [4.69, 9.17) is 4.74 Å². The van der Waals surface area contributed by atoms with E-state index in [0.29, 0.717) is 23.9 Å². The van der Waals surface area contributed by atoms with Gasteiger partial charge in [-0.15, -0.1) is 0 Å². The number of hydrogen-bond acceptors (Lipinski definition) is 7. The van der Waals surface area contributed by atoms with Crippen LogP contribution in [0.3, 0.4) is 0 Å². The third kappa shape index (κ3) is 7.25. The van der Waals surface area contributed by atoms with Crippen LogP contribution in [0.15, 0.2) is 58.8 Å². The highest BCUT2D eigenvalue weighted by Gasteiger charge is 2.15. The first kappa shape index (κ1) is 26.1. The van der Waals surface area contributed by atoms with Crippen LogP contribution in [0.4, 0.5) is 17.2 Å². The molecule has 0 bridgehead atoms. The molecule has 2 aromatic carbocycles. The highest BCUT2D eigenvalue weighted by molar-refractivity contribution is 9.10. The lowest BCUT2D eigenvalue weighted by molar-refractivity contribution is -0.112. The number of carbonyl (C=O) groups excluding carboxylic acids is 1. The Balaban J connectivity index is 1.62. The molecule has 1 aliphatic heterocycles. The molecule has 0 radical (unpaired) electrons. The fourth-order valence-electron chi connectivity index (χ4n) is 4.07. The molecular weight excluding hydrogens is 520 g/mol. The van der Waals surface area contributed by atoms with Crippen LogP contribution in [0.25, 0.3) is 10.9 Å². The van der Waals surface area contributed by atoms with Crippen molar-refractivity contribution in [2.45, 2.75) is 19.3 Å². The summed E-state index contributed by atoms with van der Waals surface area (Å²) in [5.74, 6) is 1.11. The van der Waals surface area contributed by atoms with Gasteiger partial charge in [0.05, 0.1) is 17.8 Å². The van der Waals surface area contributed by atoms with Crippen LogP contribution in [0, 0.1) is 0 Å². The molecule has 8 nitrogen and oxygen atoms in total. The van der Waals surface area contributed by atoms with E-state index in [9.17, 15) is 4.79 Å². The molecule has 190 valence electrons. The predicted octanol–water partition coefficient (Wildman–Crippen LogP) is 5.06. The first-order valence-electron chi connectivity index (χ1n) is 12.2. The molecule has 1 aromatic heterocycles. The van der Waals surface area contributed by atoms with E-state index in [-0.39, 0.29) is 5.91 Å². The van der Waals surface area contributed by atoms with Gasteiger partial charge in [0.1, 0.15) is 17.9 Å². The first-order valence-corrected chi connectivity index (χ1v) is 12.9. The Kier molecular flexibility index (Phi) is 8.90. The van der Waals surface area contributed by atoms with E-state index in [1.807, 2.05) is 50.5 Å². The summed E-state index contributed by atoms with van der Waals surface area (Å²) in [6.45, 7) is 3.39. The van der Waals surface area contributed by atoms with E-state index in [2.05, 4.69) is 53.4 Å². The van der Waals surface area contributed by atoms with Crippen LogP contribution in [0.5, 0.6) is 5.75 Å². The zero-order chi connectivity index (χ0) is 25.5. The van der Waals surface area contributed by atoms with E-state index >= 15 is 0 Å². The topological polar surface area (TPSA) is 82.6 Å². The largest absolute Gasteiger partial charge is 0.491 e. The summed E-state index contributed by atoms with van der Waals surface area (Å²) in [6.07, 6.45) is 5.94. The third-order valence-corrected chi connectivity index (χ3v) is 6.55. The van der Waals surface area contributed by atoms with Gasteiger partial charge in [-0.2, -0.15) is 0 Å². The molecule has 0 saturated carbocycles. The molecule has 0 unspecified atom stereocenters. The lowest BCUT2D eigenvalue weighted by Gasteiger charge is -2.23. The van der Waals surface area contributed by atoms with Crippen molar-refractivity contribution in [2.75, 3.05) is 58.0 Å². The number of amides is 1. The van der Waals surface area contributed by atoms with Crippen molar-refractivity contribution < 1.29 is 9.53 Å². The second-order valence-corrected chi connectivity index (χ2v) is 10.2. The zero-order valence-corrected chi connectivity index (χ0v) is 22.6. The molecular formula is C27H33BrN6O2. The summed E-state index contributed by atoms with van der Waals surface area (Å²) in [6, 6.07) is 11.6. The van der Waals surface area contributed by atoms with Gasteiger partial charge in [-0.3, -0.25) is 4.79 Å². The normalized spacial score (nSPS) is 14.2. The average molecular weight is 554 g/mol. The van der Waals surface area contributed by atoms with Gasteiger partial charge in [-0.1, -0.05) is 27.6 Å². The molecule has 36 heavy (non-hydrogen) atoms. The molecule has 2 N–H and O–H groups in total. The number of rotatable bonds is 9. The number of anilines is 3. The zero-order valence-electron chi connectivity index (χ0n) is 21.1. The summed E-state index contributed by atoms with van der Waals surface area (Å²) in [7, 11) is 6.18. The lowest BCUT2D eigenvalue weighted by Crippen LogP contribution is -2.27. The number of fused-ring (bicyclic) bond motifs is 1. The number of piperidine rings is 1. The standard InChI is InChI=1S/C27H33BrN6O2/c1-33(2)10-5-13-36-25-17-23-22(27(30-18-29-23)31-21-7-4-6-20(28)15-21)16-24(25)32-26(35)14-19-8-11-34(3)12-9-19/h4,6-7,14-18H,5,8-13H2,1-3H3,(H,32,35)(H,29,30,31). The van der Waals surface area contributed by atoms with Gasteiger partial charge in [0.2, 0.25) is 5.91 Å². The van der Waals surface area contributed by atoms with Crippen molar-refractivity contribution in [3.8, 4) is 5.75 Å². The summed E-state index contributed by atoms with van der Waals surface area (Å²) < 4.78 is 7.09. The number of nitrogens with one attached hydrogen (secondary N) is 2. The molecule has 0 spiro atoms. The Morgan fingerprint density at radius 3 is 2.75 bits per heavy atom. The van der Waals surface area contributed by atoms with E-state index in [1.165, 1.54) is 11.9 Å². The molecule has 3 aromatic rings. The van der Waals surface area contributed by atoms with Crippen molar-refractivity contribution in [1.29, 1.82) is 0 Å². The van der Waals surface area contributed by atoms with Crippen molar-refractivity contribution in [3.05, 3.63) is 58.8 Å². The van der Waals surface area contributed by atoms with Gasteiger partial charge in [0.15, 0.2) is 0 Å². The Morgan fingerprint density at radius 1 is 1.19 bits per heavy atom. The lowest BCUT2D eigenvalue weighted by atomic mass is 10.0. The van der Waals surface area contributed by atoms with E-state index in [1.54, 1.807) is 6.08 Å². The van der Waals surface area contributed by atoms with Crippen LogP contribution < -0.4 is 15.4 Å². The minimum atomic E-state index is -0.148. The highest BCUT2D eigenvalue weighted by Crippen LogP contribution is 2.34. The van der Waals surface area contributed by atoms with E-state index in [0.717, 1.165) is 60.0 Å². The molecule has 1 saturated heterocycles. The van der Waals surface area contributed by atoms with Gasteiger partial charge in [0, 0.05) is 47.3 Å². The number of benzene rings is 2. The minimum Gasteiger partial charge on any atom is -0.491 e. The van der Waals surface area contributed by atoms with Crippen LogP contribution in [0.2, 0.25) is 0 Å². The summed E-state index contributed by atoms with van der Waals surface area (Å²) >= 11 is 3.51. The van der Waals surface area contributed by atoms with E-state index < -0.39 is 0 Å². The van der Waals surface area contributed by atoms with Crippen LogP contribution >= 0.6 is 15.9 Å². The van der Waals surface area contributed by atoms with Crippen molar-refractivity contribution in [3.63, 3.8) is 0 Å². The molecule has 9 heteroatoms. The molecule has 2 heterocycles. The molecule has 1 amide bonds. The van der Waals surface area contributed by atoms with Gasteiger partial charge in [-0.25, -0.2) is 9.97 Å².